The van der Waals surface area contributed by atoms with Crippen molar-refractivity contribution < 1.29 is 14.5 Å². The fourth-order valence-corrected chi connectivity index (χ4v) is 1.77. The van der Waals surface area contributed by atoms with Gasteiger partial charge in [-0.15, -0.1) is 0 Å². The number of rotatable bonds is 6. The van der Waals surface area contributed by atoms with E-state index in [9.17, 15) is 14.9 Å². The molecule has 0 bridgehead atoms. The van der Waals surface area contributed by atoms with Gasteiger partial charge in [0.1, 0.15) is 5.75 Å². The first-order valence-corrected chi connectivity index (χ1v) is 6.46. The summed E-state index contributed by atoms with van der Waals surface area (Å²) in [5.41, 5.74) is 1.05. The third-order valence-corrected chi connectivity index (χ3v) is 2.92. The predicted molar refractivity (Wildman–Crippen MR) is 83.2 cm³/mol. The van der Waals surface area contributed by atoms with Gasteiger partial charge < -0.3 is 10.1 Å². The molecule has 6 nitrogen and oxygen atoms in total. The predicted octanol–water partition coefficient (Wildman–Crippen LogP) is 3.41. The number of nitro benzene ring substituents is 1. The highest BCUT2D eigenvalue weighted by Gasteiger charge is 2.05. The largest absolute Gasteiger partial charge is 0.497 e. The molecule has 0 aliphatic heterocycles. The highest BCUT2D eigenvalue weighted by atomic mass is 16.6. The van der Waals surface area contributed by atoms with Gasteiger partial charge in [0.25, 0.3) is 5.69 Å². The summed E-state index contributed by atoms with van der Waals surface area (Å²) in [7, 11) is 1.56. The van der Waals surface area contributed by atoms with E-state index in [1.807, 2.05) is 0 Å². The van der Waals surface area contributed by atoms with E-state index in [0.29, 0.717) is 17.0 Å². The standard InChI is InChI=1S/C16H14N2O4/c1-22-15-7-5-12(6-8-15)16(19)9-10-17-13-3-2-4-14(11-13)18(20)21/h2-11,17H,1H3/b10-9-. The van der Waals surface area contributed by atoms with Crippen molar-refractivity contribution >= 4 is 17.2 Å². The Kier molecular flexibility index (Phi) is 4.87. The molecule has 0 radical (unpaired) electrons. The second kappa shape index (κ2) is 7.03. The minimum Gasteiger partial charge on any atom is -0.497 e. The molecule has 1 N–H and O–H groups in total. The van der Waals surface area contributed by atoms with Gasteiger partial charge in [0, 0.05) is 35.7 Å². The molecule has 0 aromatic heterocycles. The topological polar surface area (TPSA) is 81.5 Å². The number of anilines is 1. The molecule has 2 rings (SSSR count). The van der Waals surface area contributed by atoms with Gasteiger partial charge in [0.2, 0.25) is 0 Å². The summed E-state index contributed by atoms with van der Waals surface area (Å²) in [6.07, 6.45) is 2.81. The average molecular weight is 298 g/mol. The van der Waals surface area contributed by atoms with Crippen molar-refractivity contribution in [3.63, 3.8) is 0 Å². The lowest BCUT2D eigenvalue weighted by molar-refractivity contribution is -0.384. The number of nitrogens with one attached hydrogen (secondary N) is 1. The minimum absolute atomic E-state index is 0.0140. The van der Waals surface area contributed by atoms with Crippen molar-refractivity contribution in [1.29, 1.82) is 0 Å². The third-order valence-electron chi connectivity index (χ3n) is 2.92. The molecule has 112 valence electrons. The van der Waals surface area contributed by atoms with Crippen LogP contribution in [0.15, 0.2) is 60.8 Å². The molecule has 6 heteroatoms. The summed E-state index contributed by atoms with van der Waals surface area (Å²) in [6.45, 7) is 0. The Morgan fingerprint density at radius 3 is 2.59 bits per heavy atom. The molecule has 0 saturated carbocycles. The monoisotopic (exact) mass is 298 g/mol. The van der Waals surface area contributed by atoms with E-state index < -0.39 is 4.92 Å². The Morgan fingerprint density at radius 1 is 1.23 bits per heavy atom. The summed E-state index contributed by atoms with van der Waals surface area (Å²) >= 11 is 0. The number of benzene rings is 2. The van der Waals surface area contributed by atoms with Crippen LogP contribution in [0.3, 0.4) is 0 Å². The summed E-state index contributed by atoms with van der Waals surface area (Å²) in [4.78, 5) is 22.1. The molecule has 0 aliphatic rings. The molecular weight excluding hydrogens is 284 g/mol. The van der Waals surface area contributed by atoms with E-state index in [4.69, 9.17) is 4.74 Å². The fourth-order valence-electron chi connectivity index (χ4n) is 1.77. The molecule has 0 heterocycles. The molecule has 0 amide bonds. The Labute approximate surface area is 127 Å². The lowest BCUT2D eigenvalue weighted by atomic mass is 10.1. The smallest absolute Gasteiger partial charge is 0.271 e. The van der Waals surface area contributed by atoms with Gasteiger partial charge in [-0.1, -0.05) is 6.07 Å². The number of methoxy groups -OCH3 is 1. The van der Waals surface area contributed by atoms with E-state index in [1.54, 1.807) is 43.5 Å². The van der Waals surface area contributed by atoms with Crippen LogP contribution in [0.4, 0.5) is 11.4 Å². The zero-order chi connectivity index (χ0) is 15.9. The molecule has 0 aliphatic carbocycles. The maximum atomic E-state index is 11.9. The first-order chi connectivity index (χ1) is 10.6. The molecule has 22 heavy (non-hydrogen) atoms. The van der Waals surface area contributed by atoms with E-state index in [2.05, 4.69) is 5.32 Å². The second-order valence-corrected chi connectivity index (χ2v) is 4.38. The van der Waals surface area contributed by atoms with Crippen LogP contribution in [0.5, 0.6) is 5.75 Å². The number of non-ortho nitro benzene ring substituents is 1. The van der Waals surface area contributed by atoms with Crippen LogP contribution in [-0.2, 0) is 0 Å². The van der Waals surface area contributed by atoms with E-state index in [1.165, 1.54) is 24.4 Å². The number of hydrogen-bond donors (Lipinski definition) is 1. The van der Waals surface area contributed by atoms with Crippen LogP contribution in [0.25, 0.3) is 0 Å². The minimum atomic E-state index is -0.475. The number of nitrogens with zero attached hydrogens (tertiary/aromatic N) is 1. The number of ketones is 1. The SMILES string of the molecule is COc1ccc(C(=O)/C=C\Nc2cccc([N+](=O)[O-])c2)cc1. The van der Waals surface area contributed by atoms with Gasteiger partial charge in [0.05, 0.1) is 12.0 Å². The zero-order valence-electron chi connectivity index (χ0n) is 11.9. The summed E-state index contributed by atoms with van der Waals surface area (Å²) in [5.74, 6) is 0.496. The number of allylic oxidation sites excluding steroid dienone is 1. The Balaban J connectivity index is 2.00. The van der Waals surface area contributed by atoms with E-state index >= 15 is 0 Å². The van der Waals surface area contributed by atoms with Gasteiger partial charge in [-0.25, -0.2) is 0 Å². The lowest BCUT2D eigenvalue weighted by Crippen LogP contribution is -1.97. The second-order valence-electron chi connectivity index (χ2n) is 4.38. The van der Waals surface area contributed by atoms with Crippen LogP contribution in [0.2, 0.25) is 0 Å². The van der Waals surface area contributed by atoms with Crippen molar-refractivity contribution in [2.45, 2.75) is 0 Å². The van der Waals surface area contributed by atoms with Crippen molar-refractivity contribution in [3.05, 3.63) is 76.5 Å². The van der Waals surface area contributed by atoms with Crippen LogP contribution in [0, 0.1) is 10.1 Å². The first kappa shape index (κ1) is 15.2. The highest BCUT2D eigenvalue weighted by Crippen LogP contribution is 2.17. The molecule has 0 atom stereocenters. The normalized spacial score (nSPS) is 10.4. The average Bonchev–Trinajstić information content (AvgIpc) is 2.55. The Hall–Kier alpha value is -3.15. The number of hydrogen-bond acceptors (Lipinski definition) is 5. The molecule has 0 spiro atoms. The van der Waals surface area contributed by atoms with Gasteiger partial charge in [0.15, 0.2) is 5.78 Å². The van der Waals surface area contributed by atoms with Crippen molar-refractivity contribution in [3.8, 4) is 5.75 Å². The van der Waals surface area contributed by atoms with Crippen LogP contribution >= 0.6 is 0 Å². The maximum Gasteiger partial charge on any atom is 0.271 e. The van der Waals surface area contributed by atoms with Crippen LogP contribution < -0.4 is 10.1 Å². The molecule has 0 fully saturated rings. The third kappa shape index (κ3) is 3.92. The summed E-state index contributed by atoms with van der Waals surface area (Å²) in [5, 5.41) is 13.5. The molecule has 0 unspecified atom stereocenters. The quantitative estimate of drug-likeness (QED) is 0.382. The highest BCUT2D eigenvalue weighted by molar-refractivity contribution is 6.04. The molecule has 2 aromatic carbocycles. The summed E-state index contributed by atoms with van der Waals surface area (Å²) < 4.78 is 5.02. The van der Waals surface area contributed by atoms with Crippen molar-refractivity contribution in [2.75, 3.05) is 12.4 Å². The lowest BCUT2D eigenvalue weighted by Gasteiger charge is -2.01. The van der Waals surface area contributed by atoms with Crippen molar-refractivity contribution in [1.82, 2.24) is 0 Å². The molecule has 0 saturated heterocycles. The molecular formula is C16H14N2O4. The number of carbonyl (C=O) groups is 1. The fraction of sp³-hybridized carbons (Fsp3) is 0.0625. The maximum absolute atomic E-state index is 11.9. The molecule has 2 aromatic rings. The Morgan fingerprint density at radius 2 is 1.95 bits per heavy atom. The van der Waals surface area contributed by atoms with Gasteiger partial charge in [-0.2, -0.15) is 0 Å². The first-order valence-electron chi connectivity index (χ1n) is 6.46. The number of ether oxygens (including phenoxy) is 1. The van der Waals surface area contributed by atoms with Gasteiger partial charge >= 0.3 is 0 Å². The number of nitro groups is 1. The summed E-state index contributed by atoms with van der Waals surface area (Å²) in [6, 6.07) is 12.8. The van der Waals surface area contributed by atoms with Crippen LogP contribution in [0.1, 0.15) is 10.4 Å². The Bertz CT molecular complexity index is 708. The van der Waals surface area contributed by atoms with E-state index in [0.717, 1.165) is 0 Å². The van der Waals surface area contributed by atoms with E-state index in [-0.39, 0.29) is 11.5 Å². The number of carbonyl (C=O) groups excluding carboxylic acids is 1. The van der Waals surface area contributed by atoms with Gasteiger partial charge in [-0.05, 0) is 30.3 Å². The van der Waals surface area contributed by atoms with Gasteiger partial charge in [-0.3, -0.25) is 14.9 Å². The van der Waals surface area contributed by atoms with Crippen molar-refractivity contribution in [2.24, 2.45) is 0 Å². The van der Waals surface area contributed by atoms with Crippen LogP contribution in [-0.4, -0.2) is 17.8 Å². The zero-order valence-corrected chi connectivity index (χ0v) is 11.9.